The number of rotatable bonds is 4. The molecule has 1 aromatic heterocycles. The molecule has 3 atom stereocenters. The normalized spacial score (nSPS) is 29.4. The van der Waals surface area contributed by atoms with Gasteiger partial charge in [-0.25, -0.2) is 14.8 Å². The van der Waals surface area contributed by atoms with Crippen molar-refractivity contribution in [3.63, 3.8) is 0 Å². The molecule has 2 saturated heterocycles. The molecule has 1 aromatic rings. The number of hydrogen-bond acceptors (Lipinski definition) is 4. The number of amides is 2. The van der Waals surface area contributed by atoms with Crippen LogP contribution in [-0.2, 0) is 14.4 Å². The third-order valence-electron chi connectivity index (χ3n) is 4.27. The highest BCUT2D eigenvalue weighted by atomic mass is 32.3. The SMILES string of the molecule is CS1(C)C[C@H]2[C@@H](NC(=O)C(=O)c3ccc[nH]3)C(=O)N2[C@@H]1C(=O)O. The van der Waals surface area contributed by atoms with E-state index in [0.717, 1.165) is 0 Å². The number of nitrogens with zero attached hydrogens (tertiary/aromatic N) is 1. The Kier molecular flexibility index (Phi) is 3.47. The largest absolute Gasteiger partial charge is 0.479 e. The van der Waals surface area contributed by atoms with Crippen molar-refractivity contribution in [1.82, 2.24) is 15.2 Å². The second kappa shape index (κ2) is 5.12. The molecule has 2 amide bonds. The van der Waals surface area contributed by atoms with E-state index >= 15 is 0 Å². The zero-order chi connectivity index (χ0) is 16.9. The lowest BCUT2D eigenvalue weighted by Crippen LogP contribution is -2.71. The number of aliphatic carboxylic acids is 1. The fraction of sp³-hybridized carbons (Fsp3) is 0.429. The van der Waals surface area contributed by atoms with Crippen LogP contribution in [0, 0.1) is 0 Å². The van der Waals surface area contributed by atoms with Crippen LogP contribution in [0.3, 0.4) is 0 Å². The molecule has 0 spiro atoms. The average molecular weight is 339 g/mol. The van der Waals surface area contributed by atoms with E-state index in [4.69, 9.17) is 0 Å². The summed E-state index contributed by atoms with van der Waals surface area (Å²) in [5.74, 6) is -2.53. The van der Waals surface area contributed by atoms with E-state index in [9.17, 15) is 24.3 Å². The molecule has 0 bridgehead atoms. The molecule has 0 radical (unpaired) electrons. The van der Waals surface area contributed by atoms with Crippen LogP contribution in [0.2, 0.25) is 0 Å². The number of carboxylic acids is 1. The van der Waals surface area contributed by atoms with Gasteiger partial charge in [0.05, 0.1) is 11.7 Å². The Hall–Kier alpha value is -2.29. The first-order valence-corrected chi connectivity index (χ1v) is 9.65. The monoisotopic (exact) mass is 339 g/mol. The number of fused-ring (bicyclic) bond motifs is 1. The second-order valence-electron chi connectivity index (χ2n) is 6.16. The topological polar surface area (TPSA) is 120 Å². The number of Topliss-reactive ketones (excluding diaryl/α,β-unsaturated/α-hetero) is 1. The lowest BCUT2D eigenvalue weighted by atomic mass is 9.96. The van der Waals surface area contributed by atoms with Gasteiger partial charge >= 0.3 is 5.97 Å². The minimum Gasteiger partial charge on any atom is -0.479 e. The summed E-state index contributed by atoms with van der Waals surface area (Å²) in [5, 5.41) is 11.0. The van der Waals surface area contributed by atoms with Gasteiger partial charge < -0.3 is 20.3 Å². The van der Waals surface area contributed by atoms with Crippen LogP contribution in [0.5, 0.6) is 0 Å². The van der Waals surface area contributed by atoms with E-state index in [0.29, 0.717) is 5.75 Å². The summed E-state index contributed by atoms with van der Waals surface area (Å²) in [6.07, 6.45) is 5.25. The molecule has 3 rings (SSSR count). The number of ketones is 1. The zero-order valence-corrected chi connectivity index (χ0v) is 13.4. The van der Waals surface area contributed by atoms with Crippen molar-refractivity contribution in [3.05, 3.63) is 24.0 Å². The van der Waals surface area contributed by atoms with Crippen LogP contribution in [0.4, 0.5) is 0 Å². The molecule has 0 unspecified atom stereocenters. The summed E-state index contributed by atoms with van der Waals surface area (Å²) in [5.41, 5.74) is 0.145. The van der Waals surface area contributed by atoms with E-state index < -0.39 is 45.0 Å². The molecule has 0 saturated carbocycles. The molecule has 9 heteroatoms. The molecule has 3 N–H and O–H groups in total. The Morgan fingerprint density at radius 3 is 2.65 bits per heavy atom. The maximum atomic E-state index is 12.2. The molecule has 23 heavy (non-hydrogen) atoms. The summed E-state index contributed by atoms with van der Waals surface area (Å²) >= 11 is 0. The standard InChI is InChI=1S/C14H17N3O5S/c1-23(2)6-8-9(12(20)17(8)13(23)14(21)22)16-11(19)10(18)7-4-3-5-15-7/h3-5,8-9,13,15H,6H2,1-2H3,(H,16,19)(H,21,22)/t8-,9+,13-/m0/s1. The summed E-state index contributed by atoms with van der Waals surface area (Å²) in [6.45, 7) is 0. The molecule has 2 aliphatic rings. The molecular formula is C14H17N3O5S. The van der Waals surface area contributed by atoms with Crippen LogP contribution < -0.4 is 5.32 Å². The highest BCUT2D eigenvalue weighted by molar-refractivity contribution is 8.33. The first-order chi connectivity index (χ1) is 10.7. The van der Waals surface area contributed by atoms with Crippen LogP contribution >= 0.6 is 10.0 Å². The molecule has 8 nitrogen and oxygen atoms in total. The minimum atomic E-state index is -1.52. The highest BCUT2D eigenvalue weighted by Crippen LogP contribution is 2.57. The third kappa shape index (κ3) is 2.31. The molecule has 3 heterocycles. The van der Waals surface area contributed by atoms with Crippen molar-refractivity contribution in [2.45, 2.75) is 17.5 Å². The van der Waals surface area contributed by atoms with Crippen molar-refractivity contribution in [2.75, 3.05) is 18.3 Å². The van der Waals surface area contributed by atoms with Gasteiger partial charge in [0.2, 0.25) is 5.91 Å². The summed E-state index contributed by atoms with van der Waals surface area (Å²) < 4.78 is 0. The molecule has 124 valence electrons. The van der Waals surface area contributed by atoms with Crippen LogP contribution in [0.25, 0.3) is 0 Å². The maximum absolute atomic E-state index is 12.2. The molecule has 2 fully saturated rings. The van der Waals surface area contributed by atoms with Crippen molar-refractivity contribution in [2.24, 2.45) is 0 Å². The molecule has 0 aliphatic carbocycles. The van der Waals surface area contributed by atoms with E-state index in [1.54, 1.807) is 6.07 Å². The number of carboxylic acid groups (broad SMARTS) is 1. The number of hydrogen-bond donors (Lipinski definition) is 3. The van der Waals surface area contributed by atoms with Gasteiger partial charge in [-0.1, -0.05) is 0 Å². The fourth-order valence-electron chi connectivity index (χ4n) is 3.22. The fourth-order valence-corrected chi connectivity index (χ4v) is 6.06. The van der Waals surface area contributed by atoms with Crippen LogP contribution in [-0.4, -0.2) is 74.3 Å². The molecule has 2 aliphatic heterocycles. The predicted octanol–water partition coefficient (Wildman–Crippen LogP) is -0.618. The Labute approximate surface area is 133 Å². The van der Waals surface area contributed by atoms with Gasteiger partial charge in [0.1, 0.15) is 6.04 Å². The van der Waals surface area contributed by atoms with Gasteiger partial charge in [-0.3, -0.25) is 14.4 Å². The smallest absolute Gasteiger partial charge is 0.335 e. The minimum absolute atomic E-state index is 0.145. The van der Waals surface area contributed by atoms with Gasteiger partial charge in [0, 0.05) is 11.9 Å². The van der Waals surface area contributed by atoms with Crippen molar-refractivity contribution >= 4 is 33.6 Å². The summed E-state index contributed by atoms with van der Waals surface area (Å²) in [6, 6.07) is 1.89. The zero-order valence-electron chi connectivity index (χ0n) is 12.6. The van der Waals surface area contributed by atoms with Gasteiger partial charge in [0.25, 0.3) is 11.7 Å². The Bertz CT molecular complexity index is 699. The number of carbonyl (C=O) groups excluding carboxylic acids is 3. The molecule has 0 aromatic carbocycles. The number of aromatic nitrogens is 1. The van der Waals surface area contributed by atoms with E-state index in [1.165, 1.54) is 17.2 Å². The Morgan fingerprint density at radius 1 is 1.39 bits per heavy atom. The number of nitrogens with one attached hydrogen (secondary N) is 2. The molecular weight excluding hydrogens is 322 g/mol. The number of carbonyl (C=O) groups is 4. The van der Waals surface area contributed by atoms with E-state index in [-0.39, 0.29) is 11.7 Å². The van der Waals surface area contributed by atoms with Crippen molar-refractivity contribution in [1.29, 1.82) is 0 Å². The van der Waals surface area contributed by atoms with Gasteiger partial charge in [-0.05, 0) is 24.6 Å². The van der Waals surface area contributed by atoms with E-state index in [2.05, 4.69) is 10.3 Å². The first kappa shape index (κ1) is 15.6. The first-order valence-electron chi connectivity index (χ1n) is 6.97. The van der Waals surface area contributed by atoms with Crippen LogP contribution in [0.15, 0.2) is 18.3 Å². The van der Waals surface area contributed by atoms with Gasteiger partial charge in [-0.15, -0.1) is 0 Å². The predicted molar refractivity (Wildman–Crippen MR) is 83.4 cm³/mol. The summed E-state index contributed by atoms with van der Waals surface area (Å²) in [4.78, 5) is 51.6. The van der Waals surface area contributed by atoms with Crippen molar-refractivity contribution in [3.8, 4) is 0 Å². The number of aromatic amines is 1. The lowest BCUT2D eigenvalue weighted by molar-refractivity contribution is -0.159. The quantitative estimate of drug-likeness (QED) is 0.384. The van der Waals surface area contributed by atoms with E-state index in [1.807, 2.05) is 12.5 Å². The second-order valence-corrected chi connectivity index (χ2v) is 10.2. The van der Waals surface area contributed by atoms with Gasteiger partial charge in [0.15, 0.2) is 5.37 Å². The lowest BCUT2D eigenvalue weighted by Gasteiger charge is -2.44. The third-order valence-corrected chi connectivity index (χ3v) is 7.10. The van der Waals surface area contributed by atoms with Gasteiger partial charge in [-0.2, -0.15) is 0 Å². The Balaban J connectivity index is 1.72. The average Bonchev–Trinajstić information content (AvgIpc) is 3.08. The highest BCUT2D eigenvalue weighted by Gasteiger charge is 2.61. The van der Waals surface area contributed by atoms with Crippen molar-refractivity contribution < 1.29 is 24.3 Å². The maximum Gasteiger partial charge on any atom is 0.335 e. The number of H-pyrrole nitrogens is 1. The Morgan fingerprint density at radius 2 is 2.09 bits per heavy atom. The summed E-state index contributed by atoms with van der Waals surface area (Å²) in [7, 11) is -1.52. The number of β-lactam (4-membered cyclic amide) rings is 1. The van der Waals surface area contributed by atoms with Crippen LogP contribution in [0.1, 0.15) is 10.5 Å².